The van der Waals surface area contributed by atoms with Crippen LogP contribution in [0.25, 0.3) is 0 Å². The van der Waals surface area contributed by atoms with Gasteiger partial charge in [0.25, 0.3) is 5.91 Å². The Bertz CT molecular complexity index is 722. The molecule has 0 bridgehead atoms. The van der Waals surface area contributed by atoms with Crippen molar-refractivity contribution in [1.29, 1.82) is 0 Å². The topological polar surface area (TPSA) is 38.8 Å². The van der Waals surface area contributed by atoms with Gasteiger partial charge in [0, 0.05) is 11.3 Å². The lowest BCUT2D eigenvalue weighted by molar-refractivity contribution is 0.0996. The van der Waals surface area contributed by atoms with Crippen molar-refractivity contribution in [3.05, 3.63) is 53.1 Å². The quantitative estimate of drug-likeness (QED) is 0.806. The van der Waals surface area contributed by atoms with Gasteiger partial charge < -0.3 is 14.4 Å². The molecule has 2 aliphatic rings. The van der Waals surface area contributed by atoms with E-state index in [4.69, 9.17) is 9.47 Å². The number of benzene rings is 2. The number of ether oxygens (including phenoxy) is 2. The summed E-state index contributed by atoms with van der Waals surface area (Å²) >= 11 is 0. The first-order valence-corrected chi connectivity index (χ1v) is 7.03. The van der Waals surface area contributed by atoms with Crippen LogP contribution in [0.1, 0.15) is 21.5 Å². The Morgan fingerprint density at radius 3 is 2.38 bits per heavy atom. The van der Waals surface area contributed by atoms with E-state index in [1.807, 2.05) is 37.3 Å². The Kier molecular flexibility index (Phi) is 2.64. The second-order valence-corrected chi connectivity index (χ2v) is 5.38. The molecular weight excluding hydrogens is 266 g/mol. The Labute approximate surface area is 122 Å². The van der Waals surface area contributed by atoms with Crippen molar-refractivity contribution in [1.82, 2.24) is 0 Å². The summed E-state index contributed by atoms with van der Waals surface area (Å²) in [4.78, 5) is 14.4. The van der Waals surface area contributed by atoms with Crippen LogP contribution >= 0.6 is 0 Å². The summed E-state index contributed by atoms with van der Waals surface area (Å²) in [5.41, 5.74) is 3.80. The maximum Gasteiger partial charge on any atom is 0.259 e. The third kappa shape index (κ3) is 1.95. The molecule has 2 aromatic rings. The van der Waals surface area contributed by atoms with Crippen molar-refractivity contribution >= 4 is 11.6 Å². The second kappa shape index (κ2) is 4.52. The van der Waals surface area contributed by atoms with E-state index >= 15 is 0 Å². The summed E-state index contributed by atoms with van der Waals surface area (Å²) in [6.45, 7) is 3.70. The molecule has 106 valence electrons. The summed E-state index contributed by atoms with van der Waals surface area (Å²) in [5, 5.41) is 0. The lowest BCUT2D eigenvalue weighted by Crippen LogP contribution is -2.22. The third-order valence-electron chi connectivity index (χ3n) is 3.92. The zero-order chi connectivity index (χ0) is 14.4. The molecule has 0 saturated heterocycles. The number of carbonyl (C=O) groups is 1. The molecule has 0 unspecified atom stereocenters. The zero-order valence-electron chi connectivity index (χ0n) is 11.8. The first kappa shape index (κ1) is 12.3. The van der Waals surface area contributed by atoms with Crippen LogP contribution in [0.5, 0.6) is 11.5 Å². The summed E-state index contributed by atoms with van der Waals surface area (Å²) < 4.78 is 11.1. The predicted molar refractivity (Wildman–Crippen MR) is 79.1 cm³/mol. The number of hydrogen-bond acceptors (Lipinski definition) is 3. The smallest absolute Gasteiger partial charge is 0.259 e. The highest BCUT2D eigenvalue weighted by molar-refractivity contribution is 6.10. The molecule has 0 aliphatic carbocycles. The first-order valence-electron chi connectivity index (χ1n) is 7.03. The fourth-order valence-corrected chi connectivity index (χ4v) is 2.78. The van der Waals surface area contributed by atoms with Gasteiger partial charge in [0.1, 0.15) is 13.2 Å². The molecule has 0 atom stereocenters. The highest BCUT2D eigenvalue weighted by Crippen LogP contribution is 2.38. The van der Waals surface area contributed by atoms with Crippen molar-refractivity contribution in [3.8, 4) is 11.5 Å². The van der Waals surface area contributed by atoms with Gasteiger partial charge >= 0.3 is 0 Å². The van der Waals surface area contributed by atoms with Crippen molar-refractivity contribution in [2.24, 2.45) is 0 Å². The molecule has 0 fully saturated rings. The lowest BCUT2D eigenvalue weighted by Gasteiger charge is -2.18. The molecule has 0 saturated carbocycles. The first-order chi connectivity index (χ1) is 10.2. The zero-order valence-corrected chi connectivity index (χ0v) is 11.8. The highest BCUT2D eigenvalue weighted by Gasteiger charge is 2.31. The van der Waals surface area contributed by atoms with Gasteiger partial charge in [0.15, 0.2) is 11.5 Å². The second-order valence-electron chi connectivity index (χ2n) is 5.38. The van der Waals surface area contributed by atoms with Crippen LogP contribution in [-0.2, 0) is 6.54 Å². The van der Waals surface area contributed by atoms with Crippen LogP contribution < -0.4 is 14.4 Å². The van der Waals surface area contributed by atoms with E-state index in [0.717, 1.165) is 17.0 Å². The number of fused-ring (bicyclic) bond motifs is 2. The van der Waals surface area contributed by atoms with Gasteiger partial charge in [-0.25, -0.2) is 0 Å². The van der Waals surface area contributed by atoms with Crippen molar-refractivity contribution in [2.75, 3.05) is 18.1 Å². The van der Waals surface area contributed by atoms with Crippen LogP contribution in [0, 0.1) is 6.92 Å². The Morgan fingerprint density at radius 2 is 1.67 bits per heavy atom. The predicted octanol–water partition coefficient (Wildman–Crippen LogP) is 2.93. The average Bonchev–Trinajstić information content (AvgIpc) is 2.82. The molecule has 2 heterocycles. The molecule has 1 amide bonds. The van der Waals surface area contributed by atoms with E-state index in [0.29, 0.717) is 31.1 Å². The molecule has 0 aromatic heterocycles. The number of anilines is 1. The Balaban J connectivity index is 1.72. The van der Waals surface area contributed by atoms with Gasteiger partial charge in [-0.3, -0.25) is 4.79 Å². The number of aryl methyl sites for hydroxylation is 1. The molecule has 4 nitrogen and oxygen atoms in total. The van der Waals surface area contributed by atoms with Gasteiger partial charge in [-0.05, 0) is 36.8 Å². The van der Waals surface area contributed by atoms with Crippen LogP contribution in [0.15, 0.2) is 36.4 Å². The maximum atomic E-state index is 12.6. The summed E-state index contributed by atoms with van der Waals surface area (Å²) in [6, 6.07) is 11.7. The molecule has 0 spiro atoms. The van der Waals surface area contributed by atoms with Crippen LogP contribution in [0.4, 0.5) is 5.69 Å². The van der Waals surface area contributed by atoms with E-state index in [1.165, 1.54) is 5.56 Å². The minimum Gasteiger partial charge on any atom is -0.486 e. The molecule has 21 heavy (non-hydrogen) atoms. The summed E-state index contributed by atoms with van der Waals surface area (Å²) in [5.74, 6) is 1.42. The number of carbonyl (C=O) groups excluding carboxylic acids is 1. The van der Waals surface area contributed by atoms with E-state index in [-0.39, 0.29) is 5.91 Å². The average molecular weight is 281 g/mol. The SMILES string of the molecule is Cc1ccc(N2Cc3cc4c(cc3C2=O)OCCO4)cc1. The molecule has 0 N–H and O–H groups in total. The number of rotatable bonds is 1. The third-order valence-corrected chi connectivity index (χ3v) is 3.92. The number of amides is 1. The fraction of sp³-hybridized carbons (Fsp3) is 0.235. The molecule has 2 aliphatic heterocycles. The Hall–Kier alpha value is -2.49. The Morgan fingerprint density at radius 1 is 1.00 bits per heavy atom. The minimum atomic E-state index is 0.0193. The molecule has 4 heteroatoms. The van der Waals surface area contributed by atoms with E-state index in [9.17, 15) is 4.79 Å². The lowest BCUT2D eigenvalue weighted by atomic mass is 10.1. The number of nitrogens with zero attached hydrogens (tertiary/aromatic N) is 1. The largest absolute Gasteiger partial charge is 0.486 e. The summed E-state index contributed by atoms with van der Waals surface area (Å²) in [7, 11) is 0. The molecular formula is C17H15NO3. The molecule has 0 radical (unpaired) electrons. The maximum absolute atomic E-state index is 12.6. The van der Waals surface area contributed by atoms with Gasteiger partial charge in [0.05, 0.1) is 6.54 Å². The fourth-order valence-electron chi connectivity index (χ4n) is 2.78. The van der Waals surface area contributed by atoms with Gasteiger partial charge in [0.2, 0.25) is 0 Å². The normalized spacial score (nSPS) is 16.0. The minimum absolute atomic E-state index is 0.0193. The van der Waals surface area contributed by atoms with Crippen molar-refractivity contribution < 1.29 is 14.3 Å². The molecule has 2 aromatic carbocycles. The van der Waals surface area contributed by atoms with Crippen LogP contribution in [0.2, 0.25) is 0 Å². The van der Waals surface area contributed by atoms with Gasteiger partial charge in [-0.15, -0.1) is 0 Å². The van der Waals surface area contributed by atoms with Gasteiger partial charge in [-0.2, -0.15) is 0 Å². The monoisotopic (exact) mass is 281 g/mol. The summed E-state index contributed by atoms with van der Waals surface area (Å²) in [6.07, 6.45) is 0. The van der Waals surface area contributed by atoms with Crippen molar-refractivity contribution in [2.45, 2.75) is 13.5 Å². The van der Waals surface area contributed by atoms with Crippen LogP contribution in [0.3, 0.4) is 0 Å². The number of hydrogen-bond donors (Lipinski definition) is 0. The van der Waals surface area contributed by atoms with E-state index in [1.54, 1.807) is 11.0 Å². The molecule has 4 rings (SSSR count). The van der Waals surface area contributed by atoms with E-state index < -0.39 is 0 Å². The highest BCUT2D eigenvalue weighted by atomic mass is 16.6. The van der Waals surface area contributed by atoms with Crippen LogP contribution in [-0.4, -0.2) is 19.1 Å². The van der Waals surface area contributed by atoms with E-state index in [2.05, 4.69) is 0 Å². The van der Waals surface area contributed by atoms with Gasteiger partial charge in [-0.1, -0.05) is 17.7 Å². The van der Waals surface area contributed by atoms with Crippen molar-refractivity contribution in [3.63, 3.8) is 0 Å². The standard InChI is InChI=1S/C17H15NO3/c1-11-2-4-13(5-3-11)18-10-12-8-15-16(21-7-6-20-15)9-14(12)17(18)19/h2-5,8-9H,6-7,10H2,1H3.